The SMILES string of the molecule is CN(CC(=O)O)C(=O)C1CCCN1C(=O)c1nc(-c2ccc(OC(F)F)c(OCC3CC3)c2)oc1CN.COC(N)=O.c1ccccc1. The summed E-state index contributed by atoms with van der Waals surface area (Å²) in [7, 11) is 2.59. The maximum Gasteiger partial charge on any atom is 0.404 e. The van der Waals surface area contributed by atoms with Gasteiger partial charge in [0, 0.05) is 19.2 Å². The number of likely N-dealkylation sites (N-methyl/N-ethyl adjacent to an activating group) is 1. The van der Waals surface area contributed by atoms with Gasteiger partial charge in [-0.2, -0.15) is 8.78 Å². The molecule has 0 spiro atoms. The number of carboxylic acids is 1. The van der Waals surface area contributed by atoms with Crippen LogP contribution in [0.25, 0.3) is 11.5 Å². The van der Waals surface area contributed by atoms with Crippen LogP contribution in [-0.4, -0.2) is 90.3 Å². The smallest absolute Gasteiger partial charge is 0.404 e. The molecule has 2 aromatic carbocycles. The Morgan fingerprint density at radius 2 is 1.71 bits per heavy atom. The predicted octanol–water partition coefficient (Wildman–Crippen LogP) is 3.74. The minimum Gasteiger partial charge on any atom is -0.489 e. The van der Waals surface area contributed by atoms with Gasteiger partial charge in [-0.25, -0.2) is 9.78 Å². The third kappa shape index (κ3) is 11.2. The second-order valence-electron chi connectivity index (χ2n) is 10.7. The lowest BCUT2D eigenvalue weighted by Crippen LogP contribution is -2.48. The van der Waals surface area contributed by atoms with Gasteiger partial charge in [0.2, 0.25) is 11.8 Å². The molecule has 1 atom stereocenters. The van der Waals surface area contributed by atoms with Crippen molar-refractivity contribution in [1.82, 2.24) is 14.8 Å². The third-order valence-corrected chi connectivity index (χ3v) is 7.08. The van der Waals surface area contributed by atoms with Crippen molar-refractivity contribution >= 4 is 23.9 Å². The Balaban J connectivity index is 0.000000484. The van der Waals surface area contributed by atoms with Crippen LogP contribution in [0.3, 0.4) is 0 Å². The number of oxazole rings is 1. The van der Waals surface area contributed by atoms with Crippen LogP contribution >= 0.6 is 0 Å². The van der Waals surface area contributed by atoms with Crippen LogP contribution in [0, 0.1) is 5.92 Å². The second-order valence-corrected chi connectivity index (χ2v) is 10.7. The first-order chi connectivity index (χ1) is 22.9. The number of halogens is 2. The molecule has 2 fully saturated rings. The normalized spacial score (nSPS) is 15.0. The van der Waals surface area contributed by atoms with Gasteiger partial charge in [0.15, 0.2) is 23.0 Å². The molecule has 1 saturated heterocycles. The van der Waals surface area contributed by atoms with Gasteiger partial charge in [-0.1, -0.05) is 36.4 Å². The van der Waals surface area contributed by atoms with Crippen LogP contribution in [0.15, 0.2) is 59.0 Å². The molecular formula is C32H39F2N5O9. The molecule has 5 rings (SSSR count). The predicted molar refractivity (Wildman–Crippen MR) is 167 cm³/mol. The summed E-state index contributed by atoms with van der Waals surface area (Å²) >= 11 is 0. The molecule has 1 aliphatic carbocycles. The second kappa shape index (κ2) is 18.2. The van der Waals surface area contributed by atoms with E-state index in [1.807, 2.05) is 36.4 Å². The number of rotatable bonds is 11. The van der Waals surface area contributed by atoms with E-state index in [0.717, 1.165) is 17.7 Å². The lowest BCUT2D eigenvalue weighted by molar-refractivity contribution is -0.145. The van der Waals surface area contributed by atoms with Gasteiger partial charge in [-0.05, 0) is 49.8 Å². The largest absolute Gasteiger partial charge is 0.489 e. The Labute approximate surface area is 275 Å². The molecular weight excluding hydrogens is 636 g/mol. The molecule has 3 aromatic rings. The first kappa shape index (κ1) is 37.2. The number of methoxy groups -OCH3 is 1. The molecule has 48 heavy (non-hydrogen) atoms. The number of hydrogen-bond donors (Lipinski definition) is 3. The number of primary amides is 1. The maximum atomic E-state index is 13.4. The molecule has 16 heteroatoms. The lowest BCUT2D eigenvalue weighted by Gasteiger charge is -2.26. The van der Waals surface area contributed by atoms with Crippen molar-refractivity contribution in [2.45, 2.75) is 44.9 Å². The van der Waals surface area contributed by atoms with Gasteiger partial charge < -0.3 is 45.0 Å². The first-order valence-corrected chi connectivity index (χ1v) is 15.0. The molecule has 1 aliphatic heterocycles. The number of carboxylic acid groups (broad SMARTS) is 1. The zero-order valence-electron chi connectivity index (χ0n) is 26.6. The summed E-state index contributed by atoms with van der Waals surface area (Å²) in [6.07, 6.45) is 2.19. The van der Waals surface area contributed by atoms with E-state index < -0.39 is 43.1 Å². The van der Waals surface area contributed by atoms with Crippen molar-refractivity contribution in [2.75, 3.05) is 33.9 Å². The van der Waals surface area contributed by atoms with E-state index in [-0.39, 0.29) is 41.9 Å². The minimum atomic E-state index is -3.03. The van der Waals surface area contributed by atoms with Crippen molar-refractivity contribution in [2.24, 2.45) is 17.4 Å². The standard InChI is InChI=1S/C24H28F2N4O7.C6H6.C2H5NO2/c1-29(11-19(31)32)22(33)15-3-2-8-30(15)23(34)20-18(10-27)36-21(28-20)14-6-7-16(37-24(25)26)17(9-14)35-12-13-4-5-13;1-2-4-6-5-3-1;1-5-2(3)4/h6-7,9,13,15,24H,2-5,8,10-12,27H2,1H3,(H,31,32);1-6H;1H3,(H2,3,4). The Morgan fingerprint density at radius 3 is 2.23 bits per heavy atom. The molecule has 0 radical (unpaired) electrons. The topological polar surface area (TPSA) is 201 Å². The summed E-state index contributed by atoms with van der Waals surface area (Å²) in [5, 5.41) is 8.99. The number of aliphatic carboxylic acids is 1. The average Bonchev–Trinajstić information content (AvgIpc) is 3.59. The number of aromatic nitrogens is 1. The van der Waals surface area contributed by atoms with Gasteiger partial charge >= 0.3 is 18.7 Å². The Bertz CT molecular complexity index is 1490. The highest BCUT2D eigenvalue weighted by atomic mass is 19.3. The van der Waals surface area contributed by atoms with E-state index in [2.05, 4.69) is 20.2 Å². The maximum absolute atomic E-state index is 13.4. The zero-order chi connectivity index (χ0) is 35.2. The van der Waals surface area contributed by atoms with E-state index in [1.54, 1.807) is 0 Å². The summed E-state index contributed by atoms with van der Waals surface area (Å²) in [5.41, 5.74) is 10.5. The van der Waals surface area contributed by atoms with Crippen molar-refractivity contribution < 1.29 is 51.7 Å². The first-order valence-electron chi connectivity index (χ1n) is 15.0. The highest BCUT2D eigenvalue weighted by molar-refractivity contribution is 5.98. The fourth-order valence-corrected chi connectivity index (χ4v) is 4.54. The molecule has 1 aromatic heterocycles. The summed E-state index contributed by atoms with van der Waals surface area (Å²) in [6.45, 7) is -3.05. The van der Waals surface area contributed by atoms with Crippen LogP contribution in [-0.2, 0) is 20.9 Å². The van der Waals surface area contributed by atoms with Crippen LogP contribution in [0.5, 0.6) is 11.5 Å². The van der Waals surface area contributed by atoms with Gasteiger partial charge in [-0.3, -0.25) is 14.4 Å². The number of carbonyl (C=O) groups excluding carboxylic acids is 3. The van der Waals surface area contributed by atoms with Crippen LogP contribution in [0.1, 0.15) is 41.9 Å². The van der Waals surface area contributed by atoms with E-state index in [1.165, 1.54) is 37.3 Å². The fraction of sp³-hybridized carbons (Fsp3) is 0.406. The zero-order valence-corrected chi connectivity index (χ0v) is 26.6. The molecule has 2 heterocycles. The monoisotopic (exact) mass is 675 g/mol. The number of amides is 3. The van der Waals surface area contributed by atoms with Crippen molar-refractivity contribution in [3.05, 3.63) is 66.1 Å². The van der Waals surface area contributed by atoms with Crippen molar-refractivity contribution in [1.29, 1.82) is 0 Å². The number of alkyl halides is 2. The lowest BCUT2D eigenvalue weighted by atomic mass is 10.2. The van der Waals surface area contributed by atoms with Gasteiger partial charge in [0.05, 0.1) is 20.3 Å². The molecule has 0 bridgehead atoms. The Hall–Kier alpha value is -5.25. The summed E-state index contributed by atoms with van der Waals surface area (Å²) < 4.78 is 45.6. The van der Waals surface area contributed by atoms with Crippen molar-refractivity contribution in [3.63, 3.8) is 0 Å². The average molecular weight is 676 g/mol. The quantitative estimate of drug-likeness (QED) is 0.267. The molecule has 260 valence electrons. The molecule has 1 unspecified atom stereocenters. The third-order valence-electron chi connectivity index (χ3n) is 7.08. The minimum absolute atomic E-state index is 0.0220. The summed E-state index contributed by atoms with van der Waals surface area (Å²) in [5.74, 6) is -1.79. The molecule has 5 N–H and O–H groups in total. The number of hydrogen-bond acceptors (Lipinski definition) is 10. The highest BCUT2D eigenvalue weighted by Crippen LogP contribution is 2.37. The van der Waals surface area contributed by atoms with Crippen LogP contribution < -0.4 is 20.9 Å². The van der Waals surface area contributed by atoms with Crippen molar-refractivity contribution in [3.8, 4) is 23.0 Å². The molecule has 2 aliphatic rings. The summed E-state index contributed by atoms with van der Waals surface area (Å²) in [6, 6.07) is 15.4. The number of ether oxygens (including phenoxy) is 3. The number of nitrogens with zero attached hydrogens (tertiary/aromatic N) is 3. The van der Waals surface area contributed by atoms with Gasteiger partial charge in [-0.15, -0.1) is 0 Å². The van der Waals surface area contributed by atoms with E-state index >= 15 is 0 Å². The molecule has 14 nitrogen and oxygen atoms in total. The number of likely N-dealkylation sites (tertiary alicyclic amines) is 1. The number of nitrogens with two attached hydrogens (primary N) is 2. The highest BCUT2D eigenvalue weighted by Gasteiger charge is 2.38. The number of benzene rings is 2. The van der Waals surface area contributed by atoms with E-state index in [9.17, 15) is 28.0 Å². The Kier molecular flexibility index (Phi) is 14.1. The summed E-state index contributed by atoms with van der Waals surface area (Å²) in [4.78, 5) is 53.3. The van der Waals surface area contributed by atoms with Gasteiger partial charge in [0.25, 0.3) is 5.91 Å². The number of carbonyl (C=O) groups is 4. The molecule has 3 amide bonds. The van der Waals surface area contributed by atoms with E-state index in [0.29, 0.717) is 30.9 Å². The van der Waals surface area contributed by atoms with Crippen LogP contribution in [0.4, 0.5) is 13.6 Å². The van der Waals surface area contributed by atoms with Crippen LogP contribution in [0.2, 0.25) is 0 Å². The molecule has 1 saturated carbocycles. The Morgan fingerprint density at radius 1 is 1.08 bits per heavy atom. The van der Waals surface area contributed by atoms with Gasteiger partial charge in [0.1, 0.15) is 12.6 Å². The van der Waals surface area contributed by atoms with E-state index in [4.69, 9.17) is 20.0 Å². The fourth-order valence-electron chi connectivity index (χ4n) is 4.54.